The molecular formula is C14H18N2O4. The molecule has 1 saturated heterocycles. The van der Waals surface area contributed by atoms with Crippen LogP contribution in [0.1, 0.15) is 18.4 Å². The zero-order chi connectivity index (χ0) is 14.7. The summed E-state index contributed by atoms with van der Waals surface area (Å²) in [6, 6.07) is 5.06. The highest BCUT2D eigenvalue weighted by Gasteiger charge is 2.27. The Morgan fingerprint density at radius 3 is 2.85 bits per heavy atom. The second-order valence-corrected chi connectivity index (χ2v) is 5.04. The first kappa shape index (κ1) is 14.3. The van der Waals surface area contributed by atoms with E-state index >= 15 is 0 Å². The molecule has 1 aromatic rings. The van der Waals surface area contributed by atoms with Crippen LogP contribution in [0, 0.1) is 23.0 Å². The van der Waals surface area contributed by atoms with Crippen LogP contribution in [0.4, 0.5) is 11.4 Å². The molecule has 0 N–H and O–H groups in total. The van der Waals surface area contributed by atoms with E-state index in [0.29, 0.717) is 12.1 Å². The molecule has 0 saturated carbocycles. The number of nitro benzene ring substituents is 1. The molecule has 0 radical (unpaired) electrons. The lowest BCUT2D eigenvalue weighted by atomic mass is 9.97. The summed E-state index contributed by atoms with van der Waals surface area (Å²) in [6.07, 6.45) is 1.74. The van der Waals surface area contributed by atoms with Crippen molar-refractivity contribution in [3.63, 3.8) is 0 Å². The minimum atomic E-state index is -0.382. The number of ether oxygens (including phenoxy) is 1. The van der Waals surface area contributed by atoms with E-state index in [2.05, 4.69) is 4.90 Å². The average Bonchev–Trinajstić information content (AvgIpc) is 2.46. The lowest BCUT2D eigenvalue weighted by Crippen LogP contribution is -2.39. The number of carbonyl (C=O) groups excluding carboxylic acids is 1. The molecule has 0 spiro atoms. The van der Waals surface area contributed by atoms with Gasteiger partial charge in [0.15, 0.2) is 0 Å². The number of rotatable bonds is 3. The highest BCUT2D eigenvalue weighted by molar-refractivity contribution is 5.73. The monoisotopic (exact) mass is 278 g/mol. The van der Waals surface area contributed by atoms with E-state index in [9.17, 15) is 14.9 Å². The number of carbonyl (C=O) groups is 1. The molecule has 1 unspecified atom stereocenters. The van der Waals surface area contributed by atoms with Crippen molar-refractivity contribution in [3.8, 4) is 0 Å². The van der Waals surface area contributed by atoms with Crippen LogP contribution in [0.5, 0.6) is 0 Å². The molecule has 1 heterocycles. The van der Waals surface area contributed by atoms with Gasteiger partial charge in [-0.1, -0.05) is 0 Å². The quantitative estimate of drug-likeness (QED) is 0.482. The van der Waals surface area contributed by atoms with Crippen LogP contribution in [0.2, 0.25) is 0 Å². The Labute approximate surface area is 117 Å². The summed E-state index contributed by atoms with van der Waals surface area (Å²) in [7, 11) is 1.40. The fraction of sp³-hybridized carbons (Fsp3) is 0.500. The van der Waals surface area contributed by atoms with Crippen LogP contribution < -0.4 is 4.90 Å². The van der Waals surface area contributed by atoms with Crippen LogP contribution in [0.25, 0.3) is 0 Å². The summed E-state index contributed by atoms with van der Waals surface area (Å²) in [6.45, 7) is 3.18. The number of aryl methyl sites for hydroxylation is 1. The first-order chi connectivity index (χ1) is 9.52. The van der Waals surface area contributed by atoms with Gasteiger partial charge in [0, 0.05) is 30.4 Å². The summed E-state index contributed by atoms with van der Waals surface area (Å²) in [5.74, 6) is -0.308. The largest absolute Gasteiger partial charge is 0.469 e. The van der Waals surface area contributed by atoms with Crippen LogP contribution in [0.15, 0.2) is 18.2 Å². The predicted octanol–water partition coefficient (Wildman–Crippen LogP) is 2.29. The Bertz CT molecular complexity index is 530. The van der Waals surface area contributed by atoms with Crippen molar-refractivity contribution in [1.82, 2.24) is 0 Å². The number of methoxy groups -OCH3 is 1. The van der Waals surface area contributed by atoms with Gasteiger partial charge in [-0.3, -0.25) is 14.9 Å². The van der Waals surface area contributed by atoms with Crippen molar-refractivity contribution < 1.29 is 14.5 Å². The summed E-state index contributed by atoms with van der Waals surface area (Å²) in [5.41, 5.74) is 1.67. The molecule has 0 amide bonds. The topological polar surface area (TPSA) is 72.7 Å². The van der Waals surface area contributed by atoms with Gasteiger partial charge in [-0.05, 0) is 31.9 Å². The standard InChI is InChI=1S/C14H18N2O4/c1-10-8-12(5-6-13(10)16(18)19)15-7-3-4-11(9-15)14(17)20-2/h5-6,8,11H,3-4,7,9H2,1-2H3. The Morgan fingerprint density at radius 1 is 1.50 bits per heavy atom. The van der Waals surface area contributed by atoms with Gasteiger partial charge in [-0.2, -0.15) is 0 Å². The molecule has 1 aromatic carbocycles. The Hall–Kier alpha value is -2.11. The van der Waals surface area contributed by atoms with Gasteiger partial charge in [0.2, 0.25) is 0 Å². The molecule has 20 heavy (non-hydrogen) atoms. The Kier molecular flexibility index (Phi) is 4.22. The van der Waals surface area contributed by atoms with Gasteiger partial charge in [0.05, 0.1) is 18.0 Å². The third-order valence-corrected chi connectivity index (χ3v) is 3.70. The van der Waals surface area contributed by atoms with Crippen molar-refractivity contribution in [1.29, 1.82) is 0 Å². The Balaban J connectivity index is 2.17. The molecule has 1 atom stereocenters. The summed E-state index contributed by atoms with van der Waals surface area (Å²) in [4.78, 5) is 24.1. The van der Waals surface area contributed by atoms with E-state index in [1.165, 1.54) is 13.2 Å². The first-order valence-corrected chi connectivity index (χ1v) is 6.60. The number of esters is 1. The normalized spacial score (nSPS) is 18.7. The molecule has 1 fully saturated rings. The highest BCUT2D eigenvalue weighted by atomic mass is 16.6. The third kappa shape index (κ3) is 2.89. The zero-order valence-electron chi connectivity index (χ0n) is 11.7. The second-order valence-electron chi connectivity index (χ2n) is 5.04. The van der Waals surface area contributed by atoms with Gasteiger partial charge in [-0.15, -0.1) is 0 Å². The minimum absolute atomic E-state index is 0.121. The highest BCUT2D eigenvalue weighted by Crippen LogP contribution is 2.28. The maximum atomic E-state index is 11.6. The SMILES string of the molecule is COC(=O)C1CCCN(c2ccc([N+](=O)[O-])c(C)c2)C1. The number of anilines is 1. The lowest BCUT2D eigenvalue weighted by Gasteiger charge is -2.33. The maximum Gasteiger partial charge on any atom is 0.310 e. The summed E-state index contributed by atoms with van der Waals surface area (Å²) < 4.78 is 4.79. The number of hydrogen-bond acceptors (Lipinski definition) is 5. The van der Waals surface area contributed by atoms with E-state index in [-0.39, 0.29) is 22.5 Å². The molecule has 2 rings (SSSR count). The van der Waals surface area contributed by atoms with Gasteiger partial charge < -0.3 is 9.64 Å². The average molecular weight is 278 g/mol. The first-order valence-electron chi connectivity index (χ1n) is 6.60. The molecule has 0 bridgehead atoms. The second kappa shape index (κ2) is 5.90. The van der Waals surface area contributed by atoms with Gasteiger partial charge in [0.1, 0.15) is 0 Å². The van der Waals surface area contributed by atoms with Gasteiger partial charge in [-0.25, -0.2) is 0 Å². The van der Waals surface area contributed by atoms with Gasteiger partial charge in [0.25, 0.3) is 5.69 Å². The fourth-order valence-corrected chi connectivity index (χ4v) is 2.61. The van der Waals surface area contributed by atoms with Crippen molar-refractivity contribution in [2.24, 2.45) is 5.92 Å². The number of piperidine rings is 1. The smallest absolute Gasteiger partial charge is 0.310 e. The number of benzene rings is 1. The fourth-order valence-electron chi connectivity index (χ4n) is 2.61. The van der Waals surface area contributed by atoms with Crippen molar-refractivity contribution in [2.45, 2.75) is 19.8 Å². The molecule has 108 valence electrons. The van der Waals surface area contributed by atoms with Crippen molar-refractivity contribution in [2.75, 3.05) is 25.1 Å². The summed E-state index contributed by atoms with van der Waals surface area (Å²) >= 11 is 0. The Morgan fingerprint density at radius 2 is 2.25 bits per heavy atom. The molecule has 1 aliphatic heterocycles. The lowest BCUT2D eigenvalue weighted by molar-refractivity contribution is -0.385. The van der Waals surface area contributed by atoms with Gasteiger partial charge >= 0.3 is 5.97 Å². The zero-order valence-corrected chi connectivity index (χ0v) is 11.7. The maximum absolute atomic E-state index is 11.6. The van der Waals surface area contributed by atoms with Crippen LogP contribution in [0.3, 0.4) is 0 Å². The van der Waals surface area contributed by atoms with E-state index in [0.717, 1.165) is 25.1 Å². The van der Waals surface area contributed by atoms with Crippen molar-refractivity contribution in [3.05, 3.63) is 33.9 Å². The minimum Gasteiger partial charge on any atom is -0.469 e. The van der Waals surface area contributed by atoms with Crippen molar-refractivity contribution >= 4 is 17.3 Å². The molecule has 0 aromatic heterocycles. The van der Waals surface area contributed by atoms with E-state index in [1.54, 1.807) is 19.1 Å². The molecule has 6 heteroatoms. The van der Waals surface area contributed by atoms with Crippen LogP contribution in [-0.4, -0.2) is 31.1 Å². The van der Waals surface area contributed by atoms with E-state index in [4.69, 9.17) is 4.74 Å². The number of hydrogen-bond donors (Lipinski definition) is 0. The van der Waals surface area contributed by atoms with Crippen LogP contribution in [-0.2, 0) is 9.53 Å². The number of nitro groups is 1. The molecular weight excluding hydrogens is 260 g/mol. The van der Waals surface area contributed by atoms with E-state index in [1.807, 2.05) is 0 Å². The number of nitrogens with zero attached hydrogens (tertiary/aromatic N) is 2. The predicted molar refractivity (Wildman–Crippen MR) is 74.8 cm³/mol. The molecule has 1 aliphatic rings. The molecule has 0 aliphatic carbocycles. The molecule has 6 nitrogen and oxygen atoms in total. The van der Waals surface area contributed by atoms with E-state index < -0.39 is 0 Å². The van der Waals surface area contributed by atoms with Crippen LogP contribution >= 0.6 is 0 Å². The third-order valence-electron chi connectivity index (χ3n) is 3.70. The summed E-state index contributed by atoms with van der Waals surface area (Å²) in [5, 5.41) is 10.8.